The maximum absolute atomic E-state index is 15.5. The molecular formula is C31H30Cl2FN5O4. The molecule has 224 valence electrons. The molecule has 0 bridgehead atoms. The number of hydrogen-bond acceptors (Lipinski definition) is 9. The maximum atomic E-state index is 15.5. The number of aliphatic hydroxyl groups excluding tert-OH is 1. The SMILES string of the molecule is Cc1cc(OC[C@@H](O)CN2CCN(C)CC2)ccc1-c1nnc(Cc2ccc(Cl)c(Oc3cc(Cl)cc(C#N)c3)c2F)o1. The van der Waals surface area contributed by atoms with Gasteiger partial charge in [-0.05, 0) is 62.0 Å². The average molecular weight is 627 g/mol. The molecule has 9 nitrogen and oxygen atoms in total. The zero-order chi connectivity index (χ0) is 30.5. The molecule has 0 amide bonds. The summed E-state index contributed by atoms with van der Waals surface area (Å²) in [4.78, 5) is 4.51. The average Bonchev–Trinajstić information content (AvgIpc) is 3.45. The van der Waals surface area contributed by atoms with Gasteiger partial charge in [0.25, 0.3) is 0 Å². The van der Waals surface area contributed by atoms with Gasteiger partial charge < -0.3 is 23.9 Å². The van der Waals surface area contributed by atoms with Gasteiger partial charge in [0.05, 0.1) is 23.1 Å². The summed E-state index contributed by atoms with van der Waals surface area (Å²) >= 11 is 12.3. The molecule has 1 saturated heterocycles. The zero-order valence-electron chi connectivity index (χ0n) is 23.7. The molecule has 43 heavy (non-hydrogen) atoms. The first-order chi connectivity index (χ1) is 20.7. The fourth-order valence-electron chi connectivity index (χ4n) is 4.74. The standard InChI is InChI=1S/C31H30Cl2FN5O4/c1-19-11-24(41-18-23(40)17-39-9-7-38(2)8-10-39)4-5-26(19)31-37-36-28(43-31)14-21-3-6-27(33)30(29(21)34)42-25-13-20(16-35)12-22(32)15-25/h3-6,11-13,15,23,40H,7-10,14,17-18H2,1-2H3/t23-/m0/s1. The third-order valence-electron chi connectivity index (χ3n) is 7.09. The van der Waals surface area contributed by atoms with Gasteiger partial charge >= 0.3 is 0 Å². The van der Waals surface area contributed by atoms with Crippen molar-refractivity contribution in [2.45, 2.75) is 19.4 Å². The number of hydrogen-bond donors (Lipinski definition) is 1. The second-order valence-corrected chi connectivity index (χ2v) is 11.3. The zero-order valence-corrected chi connectivity index (χ0v) is 25.2. The van der Waals surface area contributed by atoms with Crippen LogP contribution in [0.1, 0.15) is 22.6 Å². The molecule has 12 heteroatoms. The lowest BCUT2D eigenvalue weighted by molar-refractivity contribution is 0.0504. The molecule has 2 heterocycles. The van der Waals surface area contributed by atoms with Gasteiger partial charge in [-0.25, -0.2) is 4.39 Å². The molecule has 4 aromatic rings. The van der Waals surface area contributed by atoms with Crippen molar-refractivity contribution in [1.29, 1.82) is 5.26 Å². The molecular weight excluding hydrogens is 596 g/mol. The monoisotopic (exact) mass is 625 g/mol. The molecule has 1 aliphatic rings. The number of nitrogens with zero attached hydrogens (tertiary/aromatic N) is 5. The van der Waals surface area contributed by atoms with Crippen LogP contribution in [0, 0.1) is 24.1 Å². The molecule has 0 aliphatic carbocycles. The van der Waals surface area contributed by atoms with E-state index in [1.165, 1.54) is 30.3 Å². The number of aliphatic hydroxyl groups is 1. The van der Waals surface area contributed by atoms with E-state index in [2.05, 4.69) is 27.0 Å². The van der Waals surface area contributed by atoms with Crippen molar-refractivity contribution >= 4 is 23.2 Å². The van der Waals surface area contributed by atoms with Gasteiger partial charge in [0.2, 0.25) is 11.8 Å². The Morgan fingerprint density at radius 2 is 1.86 bits per heavy atom. The summed E-state index contributed by atoms with van der Waals surface area (Å²) in [5.74, 6) is 0.375. The first kappa shape index (κ1) is 30.7. The van der Waals surface area contributed by atoms with Gasteiger partial charge in [-0.2, -0.15) is 5.26 Å². The summed E-state index contributed by atoms with van der Waals surface area (Å²) in [5.41, 5.74) is 2.04. The molecule has 1 aliphatic heterocycles. The van der Waals surface area contributed by atoms with E-state index in [9.17, 15) is 10.4 Å². The van der Waals surface area contributed by atoms with Crippen LogP contribution in [0.2, 0.25) is 10.0 Å². The maximum Gasteiger partial charge on any atom is 0.248 e. The first-order valence-corrected chi connectivity index (χ1v) is 14.4. The van der Waals surface area contributed by atoms with Gasteiger partial charge in [-0.1, -0.05) is 29.3 Å². The minimum Gasteiger partial charge on any atom is -0.491 e. The van der Waals surface area contributed by atoms with Gasteiger partial charge in [0.1, 0.15) is 24.2 Å². The van der Waals surface area contributed by atoms with Gasteiger partial charge in [0, 0.05) is 48.9 Å². The number of benzene rings is 3. The second kappa shape index (κ2) is 13.7. The lowest BCUT2D eigenvalue weighted by atomic mass is 10.1. The number of ether oxygens (including phenoxy) is 2. The predicted octanol–water partition coefficient (Wildman–Crippen LogP) is 5.73. The van der Waals surface area contributed by atoms with Crippen LogP contribution in [0.3, 0.4) is 0 Å². The Kier molecular flexibility index (Phi) is 9.80. The smallest absolute Gasteiger partial charge is 0.248 e. The van der Waals surface area contributed by atoms with Crippen LogP contribution >= 0.6 is 23.2 Å². The Labute approximate surface area is 259 Å². The fourth-order valence-corrected chi connectivity index (χ4v) is 5.15. The third-order valence-corrected chi connectivity index (χ3v) is 7.61. The van der Waals surface area contributed by atoms with E-state index < -0.39 is 11.9 Å². The predicted molar refractivity (Wildman–Crippen MR) is 160 cm³/mol. The van der Waals surface area contributed by atoms with Crippen LogP contribution < -0.4 is 9.47 Å². The number of likely N-dealkylation sites (N-methyl/N-ethyl adjacent to an activating group) is 1. The van der Waals surface area contributed by atoms with E-state index in [0.717, 1.165) is 31.7 Å². The molecule has 1 atom stereocenters. The second-order valence-electron chi connectivity index (χ2n) is 10.5. The van der Waals surface area contributed by atoms with Gasteiger partial charge in [-0.3, -0.25) is 4.90 Å². The Balaban J connectivity index is 1.23. The van der Waals surface area contributed by atoms with Crippen molar-refractivity contribution in [1.82, 2.24) is 20.0 Å². The minimum absolute atomic E-state index is 0.00319. The Bertz CT molecular complexity index is 1640. The summed E-state index contributed by atoms with van der Waals surface area (Å²) in [7, 11) is 2.10. The Hall–Kier alpha value is -3.72. The highest BCUT2D eigenvalue weighted by Gasteiger charge is 2.20. The fraction of sp³-hybridized carbons (Fsp3) is 0.323. The van der Waals surface area contributed by atoms with Crippen molar-refractivity contribution in [3.05, 3.63) is 87.0 Å². The molecule has 0 radical (unpaired) electrons. The Morgan fingerprint density at radius 3 is 2.60 bits per heavy atom. The summed E-state index contributed by atoms with van der Waals surface area (Å²) in [5, 5.41) is 28.2. The highest BCUT2D eigenvalue weighted by Crippen LogP contribution is 2.36. The number of piperazine rings is 1. The van der Waals surface area contributed by atoms with Crippen molar-refractivity contribution in [2.75, 3.05) is 46.4 Å². The Morgan fingerprint density at radius 1 is 1.07 bits per heavy atom. The molecule has 0 spiro atoms. The van der Waals surface area contributed by atoms with E-state index in [1.807, 2.05) is 25.1 Å². The van der Waals surface area contributed by atoms with Crippen LogP contribution in [-0.4, -0.2) is 77.6 Å². The van der Waals surface area contributed by atoms with Crippen molar-refractivity contribution < 1.29 is 23.4 Å². The summed E-state index contributed by atoms with van der Waals surface area (Å²) in [6, 6.07) is 14.8. The minimum atomic E-state index is -0.696. The van der Waals surface area contributed by atoms with E-state index in [-0.39, 0.29) is 57.5 Å². The van der Waals surface area contributed by atoms with Crippen LogP contribution in [0.25, 0.3) is 11.5 Å². The quantitative estimate of drug-likeness (QED) is 0.236. The van der Waals surface area contributed by atoms with E-state index in [0.29, 0.717) is 17.9 Å². The highest BCUT2D eigenvalue weighted by atomic mass is 35.5. The van der Waals surface area contributed by atoms with Crippen LogP contribution in [0.4, 0.5) is 4.39 Å². The number of aryl methyl sites for hydroxylation is 1. The normalized spacial score (nSPS) is 14.8. The van der Waals surface area contributed by atoms with Crippen LogP contribution in [0.15, 0.2) is 52.9 Å². The summed E-state index contributed by atoms with van der Waals surface area (Å²) in [6.07, 6.45) is -0.599. The van der Waals surface area contributed by atoms with E-state index >= 15 is 4.39 Å². The molecule has 0 saturated carbocycles. The van der Waals surface area contributed by atoms with Crippen molar-refractivity contribution in [2.24, 2.45) is 0 Å². The lowest BCUT2D eigenvalue weighted by Crippen LogP contribution is -2.47. The first-order valence-electron chi connectivity index (χ1n) is 13.7. The highest BCUT2D eigenvalue weighted by molar-refractivity contribution is 6.32. The van der Waals surface area contributed by atoms with Crippen LogP contribution in [0.5, 0.6) is 17.2 Å². The molecule has 5 rings (SSSR count). The lowest BCUT2D eigenvalue weighted by Gasteiger charge is -2.33. The van der Waals surface area contributed by atoms with Crippen molar-refractivity contribution in [3.8, 4) is 34.8 Å². The third kappa shape index (κ3) is 7.82. The summed E-state index contributed by atoms with van der Waals surface area (Å²) < 4.78 is 32.9. The molecule has 1 aromatic heterocycles. The van der Waals surface area contributed by atoms with Gasteiger partial charge in [-0.15, -0.1) is 10.2 Å². The topological polar surface area (TPSA) is 108 Å². The molecule has 1 N–H and O–H groups in total. The number of β-amino-alcohol motifs (C(OH)–C–C–N with tert-alkyl or cyclic N) is 1. The van der Waals surface area contributed by atoms with Crippen molar-refractivity contribution in [3.63, 3.8) is 0 Å². The molecule has 0 unspecified atom stereocenters. The van der Waals surface area contributed by atoms with E-state index in [4.69, 9.17) is 37.1 Å². The number of halogens is 3. The number of nitriles is 1. The van der Waals surface area contributed by atoms with E-state index in [1.54, 1.807) is 6.07 Å². The molecule has 1 fully saturated rings. The molecule has 3 aromatic carbocycles. The summed E-state index contributed by atoms with van der Waals surface area (Å²) in [6.45, 7) is 6.49. The number of aromatic nitrogens is 2. The largest absolute Gasteiger partial charge is 0.491 e. The van der Waals surface area contributed by atoms with Crippen LogP contribution in [-0.2, 0) is 6.42 Å². The number of rotatable bonds is 10. The van der Waals surface area contributed by atoms with Gasteiger partial charge in [0.15, 0.2) is 11.6 Å².